The number of hydrogen-bond donors (Lipinski definition) is 2. The van der Waals surface area contributed by atoms with Crippen LogP contribution in [0.1, 0.15) is 52.9 Å². The molecule has 0 aliphatic carbocycles. The van der Waals surface area contributed by atoms with Gasteiger partial charge in [0, 0.05) is 0 Å². The van der Waals surface area contributed by atoms with Crippen molar-refractivity contribution < 1.29 is 9.90 Å². The van der Waals surface area contributed by atoms with Crippen molar-refractivity contribution in [2.45, 2.75) is 64.5 Å². The molecule has 0 spiro atoms. The number of likely N-dealkylation sites (N-methyl/N-ethyl adjacent to an activating group) is 1. The van der Waals surface area contributed by atoms with Crippen molar-refractivity contribution in [1.29, 1.82) is 0 Å². The third-order valence-corrected chi connectivity index (χ3v) is 3.47. The molecule has 4 heteroatoms. The maximum atomic E-state index is 12.2. The first kappa shape index (κ1) is 15.4. The number of rotatable bonds is 8. The molecule has 1 aliphatic heterocycles. The lowest BCUT2D eigenvalue weighted by Gasteiger charge is -2.45. The van der Waals surface area contributed by atoms with E-state index in [4.69, 9.17) is 0 Å². The second-order valence-corrected chi connectivity index (χ2v) is 5.65. The molecule has 0 aromatic rings. The van der Waals surface area contributed by atoms with Gasteiger partial charge in [0.2, 0.25) is 5.91 Å². The van der Waals surface area contributed by atoms with E-state index in [1.165, 1.54) is 19.3 Å². The van der Waals surface area contributed by atoms with Crippen LogP contribution in [-0.4, -0.2) is 47.2 Å². The largest absolute Gasteiger partial charge is 0.386 e. The van der Waals surface area contributed by atoms with Crippen LogP contribution in [0.2, 0.25) is 0 Å². The first-order valence-electron chi connectivity index (χ1n) is 7.24. The summed E-state index contributed by atoms with van der Waals surface area (Å²) in [6.45, 7) is 7.76. The normalized spacial score (nSPS) is 19.4. The van der Waals surface area contributed by atoms with E-state index in [2.05, 4.69) is 12.2 Å². The Balaban J connectivity index is 2.34. The molecule has 18 heavy (non-hydrogen) atoms. The zero-order valence-corrected chi connectivity index (χ0v) is 12.0. The fraction of sp³-hybridized carbons (Fsp3) is 0.929. The minimum atomic E-state index is -0.672. The van der Waals surface area contributed by atoms with E-state index < -0.39 is 5.60 Å². The monoisotopic (exact) mass is 256 g/mol. The summed E-state index contributed by atoms with van der Waals surface area (Å²) in [6, 6.07) is -0.0667. The van der Waals surface area contributed by atoms with Crippen molar-refractivity contribution in [3.05, 3.63) is 0 Å². The van der Waals surface area contributed by atoms with Crippen LogP contribution in [0.5, 0.6) is 0 Å². The van der Waals surface area contributed by atoms with Crippen molar-refractivity contribution in [1.82, 2.24) is 10.2 Å². The average molecular weight is 256 g/mol. The quantitative estimate of drug-likeness (QED) is 0.648. The van der Waals surface area contributed by atoms with Crippen LogP contribution in [0, 0.1) is 0 Å². The zero-order valence-electron chi connectivity index (χ0n) is 12.0. The molecule has 1 saturated heterocycles. The summed E-state index contributed by atoms with van der Waals surface area (Å²) in [7, 11) is 0. The Labute approximate surface area is 111 Å². The van der Waals surface area contributed by atoms with Gasteiger partial charge in [0.1, 0.15) is 0 Å². The molecule has 4 nitrogen and oxygen atoms in total. The lowest BCUT2D eigenvalue weighted by molar-refractivity contribution is -0.154. The summed E-state index contributed by atoms with van der Waals surface area (Å²) < 4.78 is 0. The van der Waals surface area contributed by atoms with Crippen molar-refractivity contribution in [2.24, 2.45) is 0 Å². The highest BCUT2D eigenvalue weighted by Gasteiger charge is 2.41. The van der Waals surface area contributed by atoms with Crippen LogP contribution in [0.3, 0.4) is 0 Å². The van der Waals surface area contributed by atoms with Crippen molar-refractivity contribution >= 4 is 5.91 Å². The first-order valence-corrected chi connectivity index (χ1v) is 7.24. The minimum absolute atomic E-state index is 0.0667. The van der Waals surface area contributed by atoms with Gasteiger partial charge in [-0.25, -0.2) is 0 Å². The molecule has 1 amide bonds. The van der Waals surface area contributed by atoms with E-state index in [9.17, 15) is 9.90 Å². The van der Waals surface area contributed by atoms with E-state index in [0.717, 1.165) is 19.4 Å². The van der Waals surface area contributed by atoms with Crippen LogP contribution in [0.25, 0.3) is 0 Å². The van der Waals surface area contributed by atoms with Gasteiger partial charge in [-0.3, -0.25) is 4.79 Å². The number of β-amino-alcohol motifs (C(OH)–C–C–N with tert-alkyl or cyclic N) is 1. The number of nitrogens with one attached hydrogen (secondary N) is 1. The fourth-order valence-electron chi connectivity index (χ4n) is 2.49. The molecule has 0 bridgehead atoms. The number of nitrogens with zero attached hydrogens (tertiary/aromatic N) is 1. The third-order valence-electron chi connectivity index (χ3n) is 3.47. The average Bonchev–Trinajstić information content (AvgIpc) is 2.29. The molecule has 1 unspecified atom stereocenters. The van der Waals surface area contributed by atoms with E-state index in [-0.39, 0.29) is 11.9 Å². The molecule has 2 N–H and O–H groups in total. The highest BCUT2D eigenvalue weighted by molar-refractivity contribution is 5.82. The van der Waals surface area contributed by atoms with Gasteiger partial charge in [0.25, 0.3) is 0 Å². The van der Waals surface area contributed by atoms with Gasteiger partial charge in [0.15, 0.2) is 0 Å². The van der Waals surface area contributed by atoms with Crippen molar-refractivity contribution in [2.75, 3.05) is 19.6 Å². The Morgan fingerprint density at radius 3 is 2.50 bits per heavy atom. The second-order valence-electron chi connectivity index (χ2n) is 5.65. The molecule has 1 rings (SSSR count). The standard InChI is InChI=1S/C14H28N2O2/c1-4-6-7-8-9-12(15-5-2)13(17)16-10-14(3,18)11-16/h12,15,18H,4-11H2,1-3H3. The lowest BCUT2D eigenvalue weighted by atomic mass is 9.95. The predicted molar refractivity (Wildman–Crippen MR) is 73.4 cm³/mol. The highest BCUT2D eigenvalue weighted by Crippen LogP contribution is 2.21. The molecule has 1 aliphatic rings. The fourth-order valence-corrected chi connectivity index (χ4v) is 2.49. The van der Waals surface area contributed by atoms with Gasteiger partial charge in [-0.2, -0.15) is 0 Å². The number of unbranched alkanes of at least 4 members (excludes halogenated alkanes) is 3. The molecule has 106 valence electrons. The van der Waals surface area contributed by atoms with E-state index in [1.807, 2.05) is 6.92 Å². The number of carbonyl (C=O) groups is 1. The third kappa shape index (κ3) is 4.58. The molecule has 0 radical (unpaired) electrons. The molecule has 0 aromatic heterocycles. The van der Waals surface area contributed by atoms with Gasteiger partial charge >= 0.3 is 0 Å². The number of amides is 1. The predicted octanol–water partition coefficient (Wildman–Crippen LogP) is 1.53. The summed E-state index contributed by atoms with van der Waals surface area (Å²) in [6.07, 6.45) is 5.66. The summed E-state index contributed by atoms with van der Waals surface area (Å²) in [5.41, 5.74) is -0.672. The van der Waals surface area contributed by atoms with E-state index in [0.29, 0.717) is 13.1 Å². The van der Waals surface area contributed by atoms with E-state index >= 15 is 0 Å². The Hall–Kier alpha value is -0.610. The molecular weight excluding hydrogens is 228 g/mol. The van der Waals surface area contributed by atoms with Crippen LogP contribution >= 0.6 is 0 Å². The highest BCUT2D eigenvalue weighted by atomic mass is 16.3. The van der Waals surface area contributed by atoms with Crippen molar-refractivity contribution in [3.63, 3.8) is 0 Å². The maximum absolute atomic E-state index is 12.2. The Bertz CT molecular complexity index is 259. The summed E-state index contributed by atoms with van der Waals surface area (Å²) >= 11 is 0. The number of carbonyl (C=O) groups excluding carboxylic acids is 1. The van der Waals surface area contributed by atoms with Gasteiger partial charge in [-0.15, -0.1) is 0 Å². The van der Waals surface area contributed by atoms with Gasteiger partial charge in [-0.05, 0) is 19.9 Å². The van der Waals surface area contributed by atoms with Crippen LogP contribution in [-0.2, 0) is 4.79 Å². The Morgan fingerprint density at radius 2 is 2.00 bits per heavy atom. The maximum Gasteiger partial charge on any atom is 0.239 e. The number of aliphatic hydroxyl groups is 1. The Kier molecular flexibility index (Phi) is 6.09. The topological polar surface area (TPSA) is 52.6 Å². The van der Waals surface area contributed by atoms with Gasteiger partial charge < -0.3 is 15.3 Å². The van der Waals surface area contributed by atoms with Crippen LogP contribution in [0.4, 0.5) is 0 Å². The van der Waals surface area contributed by atoms with Gasteiger partial charge in [0.05, 0.1) is 24.7 Å². The smallest absolute Gasteiger partial charge is 0.239 e. The molecule has 1 fully saturated rings. The molecule has 1 atom stereocenters. The number of likely N-dealkylation sites (tertiary alicyclic amines) is 1. The minimum Gasteiger partial charge on any atom is -0.386 e. The summed E-state index contributed by atoms with van der Waals surface area (Å²) in [5, 5.41) is 12.9. The van der Waals surface area contributed by atoms with Gasteiger partial charge in [-0.1, -0.05) is 39.5 Å². The summed E-state index contributed by atoms with van der Waals surface area (Å²) in [5.74, 6) is 0.153. The van der Waals surface area contributed by atoms with Crippen LogP contribution < -0.4 is 5.32 Å². The number of hydrogen-bond acceptors (Lipinski definition) is 3. The van der Waals surface area contributed by atoms with Crippen molar-refractivity contribution in [3.8, 4) is 0 Å². The molecule has 1 heterocycles. The first-order chi connectivity index (χ1) is 8.50. The second kappa shape index (κ2) is 7.10. The lowest BCUT2D eigenvalue weighted by Crippen LogP contribution is -2.64. The SMILES string of the molecule is CCCCCCC(NCC)C(=O)N1CC(C)(O)C1. The zero-order chi connectivity index (χ0) is 13.6. The molecule has 0 aromatic carbocycles. The summed E-state index contributed by atoms with van der Waals surface area (Å²) in [4.78, 5) is 14.0. The van der Waals surface area contributed by atoms with Crippen LogP contribution in [0.15, 0.2) is 0 Å². The Morgan fingerprint density at radius 1 is 1.33 bits per heavy atom. The van der Waals surface area contributed by atoms with E-state index in [1.54, 1.807) is 11.8 Å². The molecular formula is C14H28N2O2. The molecule has 0 saturated carbocycles.